The Kier molecular flexibility index (Phi) is 5.52. The standard InChI is InChI=1S/C14H17N3O6S/c1-17(9-12-15-13(23-16-12)7-8-14(18)19)24(20,21)11-5-3-10(22-2)4-6-11/h3-6H,7-9H2,1-2H3,(H,18,19). The highest BCUT2D eigenvalue weighted by Gasteiger charge is 2.23. The van der Waals surface area contributed by atoms with E-state index in [0.717, 1.165) is 4.31 Å². The Hall–Kier alpha value is -2.46. The number of aliphatic carboxylic acids is 1. The number of methoxy groups -OCH3 is 1. The van der Waals surface area contributed by atoms with Gasteiger partial charge in [0.2, 0.25) is 15.9 Å². The summed E-state index contributed by atoms with van der Waals surface area (Å²) in [5.41, 5.74) is 0. The van der Waals surface area contributed by atoms with Gasteiger partial charge in [-0.15, -0.1) is 0 Å². The third-order valence-electron chi connectivity index (χ3n) is 3.19. The number of sulfonamides is 1. The third kappa shape index (κ3) is 4.30. The number of hydrogen-bond acceptors (Lipinski definition) is 7. The maximum absolute atomic E-state index is 12.5. The zero-order valence-electron chi connectivity index (χ0n) is 13.2. The smallest absolute Gasteiger partial charge is 0.303 e. The number of carboxylic acids is 1. The summed E-state index contributed by atoms with van der Waals surface area (Å²) in [7, 11) is -0.827. The van der Waals surface area contributed by atoms with E-state index in [-0.39, 0.29) is 36.0 Å². The monoisotopic (exact) mass is 355 g/mol. The molecule has 0 bridgehead atoms. The highest BCUT2D eigenvalue weighted by molar-refractivity contribution is 7.89. The second-order valence-corrected chi connectivity index (χ2v) is 6.98. The molecule has 0 saturated heterocycles. The van der Waals surface area contributed by atoms with Crippen molar-refractivity contribution in [2.24, 2.45) is 0 Å². The highest BCUT2D eigenvalue weighted by Crippen LogP contribution is 2.19. The first kappa shape index (κ1) is 17.9. The van der Waals surface area contributed by atoms with Crippen LogP contribution in [-0.4, -0.2) is 48.1 Å². The quantitative estimate of drug-likeness (QED) is 0.741. The van der Waals surface area contributed by atoms with Crippen LogP contribution in [0.3, 0.4) is 0 Å². The van der Waals surface area contributed by atoms with Gasteiger partial charge in [-0.05, 0) is 24.3 Å². The normalized spacial score (nSPS) is 11.6. The Morgan fingerprint density at radius 2 is 2.00 bits per heavy atom. The van der Waals surface area contributed by atoms with E-state index in [1.165, 1.54) is 26.3 Å². The molecule has 9 nitrogen and oxygen atoms in total. The number of aryl methyl sites for hydroxylation is 1. The molecule has 0 spiro atoms. The van der Waals surface area contributed by atoms with Gasteiger partial charge in [-0.2, -0.15) is 9.29 Å². The molecule has 1 aromatic heterocycles. The lowest BCUT2D eigenvalue weighted by Gasteiger charge is -2.15. The average molecular weight is 355 g/mol. The minimum Gasteiger partial charge on any atom is -0.497 e. The fraction of sp³-hybridized carbons (Fsp3) is 0.357. The van der Waals surface area contributed by atoms with Gasteiger partial charge < -0.3 is 14.4 Å². The molecule has 0 aliphatic rings. The van der Waals surface area contributed by atoms with Gasteiger partial charge in [0.25, 0.3) is 0 Å². The summed E-state index contributed by atoms with van der Waals surface area (Å²) >= 11 is 0. The van der Waals surface area contributed by atoms with Crippen molar-refractivity contribution in [1.29, 1.82) is 0 Å². The second-order valence-electron chi connectivity index (χ2n) is 4.93. The van der Waals surface area contributed by atoms with Gasteiger partial charge in [0.1, 0.15) is 5.75 Å². The van der Waals surface area contributed by atoms with Crippen molar-refractivity contribution in [3.05, 3.63) is 36.0 Å². The Balaban J connectivity index is 2.07. The molecule has 0 amide bonds. The van der Waals surface area contributed by atoms with E-state index in [1.54, 1.807) is 12.1 Å². The van der Waals surface area contributed by atoms with Crippen molar-refractivity contribution in [1.82, 2.24) is 14.4 Å². The molecule has 1 N–H and O–H groups in total. The first-order valence-corrected chi connectivity index (χ1v) is 8.40. The van der Waals surface area contributed by atoms with Crippen LogP contribution in [0.25, 0.3) is 0 Å². The van der Waals surface area contributed by atoms with Crippen molar-refractivity contribution in [3.63, 3.8) is 0 Å². The largest absolute Gasteiger partial charge is 0.497 e. The minimum absolute atomic E-state index is 0.0923. The summed E-state index contributed by atoms with van der Waals surface area (Å²) < 4.78 is 35.9. The van der Waals surface area contributed by atoms with Crippen LogP contribution >= 0.6 is 0 Å². The number of aromatic nitrogens is 2. The summed E-state index contributed by atoms with van der Waals surface area (Å²) in [4.78, 5) is 14.6. The Labute approximate surface area is 138 Å². The van der Waals surface area contributed by atoms with E-state index in [4.69, 9.17) is 14.4 Å². The molecule has 0 aliphatic carbocycles. The number of carboxylic acid groups (broad SMARTS) is 1. The lowest BCUT2D eigenvalue weighted by Crippen LogP contribution is -2.27. The van der Waals surface area contributed by atoms with Gasteiger partial charge in [0.05, 0.1) is 25.0 Å². The molecule has 0 aliphatic heterocycles. The number of benzene rings is 1. The summed E-state index contributed by atoms with van der Waals surface area (Å²) in [5.74, 6) is -0.107. The van der Waals surface area contributed by atoms with E-state index in [0.29, 0.717) is 5.75 Å². The molecule has 0 radical (unpaired) electrons. The number of ether oxygens (including phenoxy) is 1. The number of rotatable bonds is 8. The predicted molar refractivity (Wildman–Crippen MR) is 81.9 cm³/mol. The maximum atomic E-state index is 12.5. The predicted octanol–water partition coefficient (Wildman–Crippen LogP) is 0.916. The van der Waals surface area contributed by atoms with Crippen molar-refractivity contribution in [2.75, 3.05) is 14.2 Å². The van der Waals surface area contributed by atoms with Crippen LogP contribution in [-0.2, 0) is 27.8 Å². The van der Waals surface area contributed by atoms with Crippen LogP contribution in [0.2, 0.25) is 0 Å². The van der Waals surface area contributed by atoms with Crippen LogP contribution in [0.15, 0.2) is 33.7 Å². The number of carbonyl (C=O) groups is 1. The molecule has 0 unspecified atom stereocenters. The molecule has 1 aromatic carbocycles. The average Bonchev–Trinajstić information content (AvgIpc) is 3.00. The van der Waals surface area contributed by atoms with Crippen LogP contribution in [0.4, 0.5) is 0 Å². The fourth-order valence-electron chi connectivity index (χ4n) is 1.88. The molecule has 24 heavy (non-hydrogen) atoms. The van der Waals surface area contributed by atoms with E-state index < -0.39 is 16.0 Å². The van der Waals surface area contributed by atoms with E-state index in [9.17, 15) is 13.2 Å². The maximum Gasteiger partial charge on any atom is 0.303 e. The molecule has 10 heteroatoms. The van der Waals surface area contributed by atoms with Crippen LogP contribution in [0.1, 0.15) is 18.1 Å². The lowest BCUT2D eigenvalue weighted by atomic mass is 10.3. The molecular weight excluding hydrogens is 338 g/mol. The van der Waals surface area contributed by atoms with Gasteiger partial charge in [0.15, 0.2) is 5.82 Å². The number of nitrogens with zero attached hydrogens (tertiary/aromatic N) is 3. The van der Waals surface area contributed by atoms with E-state index in [1.807, 2.05) is 0 Å². The first-order valence-electron chi connectivity index (χ1n) is 6.96. The molecular formula is C14H17N3O6S. The first-order chi connectivity index (χ1) is 11.3. The lowest BCUT2D eigenvalue weighted by molar-refractivity contribution is -0.137. The molecule has 0 saturated carbocycles. The summed E-state index contributed by atoms with van der Waals surface area (Å²) in [6, 6.07) is 6.00. The Morgan fingerprint density at radius 3 is 2.58 bits per heavy atom. The highest BCUT2D eigenvalue weighted by atomic mass is 32.2. The number of hydrogen-bond donors (Lipinski definition) is 1. The van der Waals surface area contributed by atoms with Crippen molar-refractivity contribution in [2.45, 2.75) is 24.3 Å². The van der Waals surface area contributed by atoms with E-state index >= 15 is 0 Å². The van der Waals surface area contributed by atoms with Crippen LogP contribution < -0.4 is 4.74 Å². The van der Waals surface area contributed by atoms with E-state index in [2.05, 4.69) is 10.1 Å². The molecule has 2 aromatic rings. The van der Waals surface area contributed by atoms with Gasteiger partial charge in [0, 0.05) is 13.5 Å². The SMILES string of the molecule is COc1ccc(S(=O)(=O)N(C)Cc2noc(CCC(=O)O)n2)cc1. The minimum atomic E-state index is -3.72. The van der Waals surface area contributed by atoms with Crippen molar-refractivity contribution < 1.29 is 27.6 Å². The molecule has 1 heterocycles. The zero-order valence-corrected chi connectivity index (χ0v) is 14.0. The molecule has 130 valence electrons. The third-order valence-corrected chi connectivity index (χ3v) is 5.01. The Morgan fingerprint density at radius 1 is 1.33 bits per heavy atom. The molecule has 2 rings (SSSR count). The summed E-state index contributed by atoms with van der Waals surface area (Å²) in [6.45, 7) is -0.0923. The van der Waals surface area contributed by atoms with Gasteiger partial charge in [-0.3, -0.25) is 4.79 Å². The second kappa shape index (κ2) is 7.41. The zero-order chi connectivity index (χ0) is 17.7. The van der Waals surface area contributed by atoms with Crippen LogP contribution in [0, 0.1) is 0 Å². The van der Waals surface area contributed by atoms with Crippen molar-refractivity contribution in [3.8, 4) is 5.75 Å². The summed E-state index contributed by atoms with van der Waals surface area (Å²) in [5, 5.41) is 12.3. The molecule has 0 fully saturated rings. The van der Waals surface area contributed by atoms with Crippen molar-refractivity contribution >= 4 is 16.0 Å². The fourth-order valence-corrected chi connectivity index (χ4v) is 3.01. The Bertz CT molecular complexity index is 800. The van der Waals surface area contributed by atoms with Crippen LogP contribution in [0.5, 0.6) is 5.75 Å². The van der Waals surface area contributed by atoms with Gasteiger partial charge in [-0.25, -0.2) is 8.42 Å². The summed E-state index contributed by atoms with van der Waals surface area (Å²) in [6.07, 6.45) is -0.0428. The van der Waals surface area contributed by atoms with Gasteiger partial charge >= 0.3 is 5.97 Å². The topological polar surface area (TPSA) is 123 Å². The molecule has 0 atom stereocenters. The van der Waals surface area contributed by atoms with Gasteiger partial charge in [-0.1, -0.05) is 5.16 Å².